The van der Waals surface area contributed by atoms with Gasteiger partial charge in [-0.15, -0.1) is 0 Å². The highest BCUT2D eigenvalue weighted by Gasteiger charge is 2.57. The third-order valence-corrected chi connectivity index (χ3v) is 4.37. The monoisotopic (exact) mass is 360 g/mol. The Morgan fingerprint density at radius 3 is 2.36 bits per heavy atom. The molecule has 0 aromatic carbocycles. The zero-order valence-electron chi connectivity index (χ0n) is 13.7. The molecule has 1 aromatic rings. The van der Waals surface area contributed by atoms with Gasteiger partial charge >= 0.3 is 6.18 Å². The quantitative estimate of drug-likeness (QED) is 0.640. The van der Waals surface area contributed by atoms with Crippen LogP contribution in [0.2, 0.25) is 0 Å². The summed E-state index contributed by atoms with van der Waals surface area (Å²) < 4.78 is 39.7. The van der Waals surface area contributed by atoms with E-state index < -0.39 is 57.8 Å². The minimum absolute atomic E-state index is 0.449. The molecule has 0 bridgehead atoms. The molecule has 4 atom stereocenters. The number of halogens is 3. The van der Waals surface area contributed by atoms with Crippen LogP contribution in [-0.4, -0.2) is 28.0 Å². The number of carboxylic acids is 1. The zero-order valence-corrected chi connectivity index (χ0v) is 13.7. The molecule has 0 saturated carbocycles. The summed E-state index contributed by atoms with van der Waals surface area (Å²) in [5, 5.41) is 25.5. The largest absolute Gasteiger partial charge is 0.548 e. The number of aliphatic carboxylic acids is 1. The van der Waals surface area contributed by atoms with Gasteiger partial charge in [0.2, 0.25) is 6.04 Å². The fraction of sp³-hybridized carbons (Fsp3) is 0.600. The van der Waals surface area contributed by atoms with Crippen molar-refractivity contribution < 1.29 is 28.0 Å². The average Bonchev–Trinajstić information content (AvgIpc) is 2.87. The third-order valence-electron chi connectivity index (χ3n) is 4.37. The van der Waals surface area contributed by atoms with Crippen molar-refractivity contribution in [2.75, 3.05) is 0 Å². The van der Waals surface area contributed by atoms with Crippen molar-refractivity contribution in [1.29, 1.82) is 0 Å². The Labute approximate surface area is 141 Å². The van der Waals surface area contributed by atoms with E-state index in [4.69, 9.17) is 0 Å². The number of alkyl halides is 3. The molecular weight excluding hydrogens is 343 g/mol. The van der Waals surface area contributed by atoms with E-state index in [2.05, 4.69) is 10.3 Å². The fourth-order valence-electron chi connectivity index (χ4n) is 3.46. The lowest BCUT2D eigenvalue weighted by molar-refractivity contribution is -0.536. The first-order chi connectivity index (χ1) is 11.4. The molecule has 1 fully saturated rings. The Bertz CT molecular complexity index is 687. The number of hydrogen-bond acceptors (Lipinski definition) is 6. The third kappa shape index (κ3) is 3.58. The maximum Gasteiger partial charge on any atom is 0.433 e. The summed E-state index contributed by atoms with van der Waals surface area (Å²) >= 11 is 0. The number of pyridine rings is 1. The molecular formula is C15H17F3N3O4-. The van der Waals surface area contributed by atoms with E-state index in [1.165, 1.54) is 6.07 Å². The molecule has 1 aromatic heterocycles. The van der Waals surface area contributed by atoms with Crippen LogP contribution in [0.1, 0.15) is 38.1 Å². The number of carbonyl (C=O) groups excluding carboxylic acids is 1. The smallest absolute Gasteiger partial charge is 0.433 e. The van der Waals surface area contributed by atoms with E-state index in [0.29, 0.717) is 0 Å². The lowest BCUT2D eigenvalue weighted by Crippen LogP contribution is -2.50. The topological polar surface area (TPSA) is 108 Å². The first kappa shape index (κ1) is 19.1. The van der Waals surface area contributed by atoms with Crippen LogP contribution in [0.3, 0.4) is 0 Å². The van der Waals surface area contributed by atoms with E-state index in [9.17, 15) is 33.2 Å². The van der Waals surface area contributed by atoms with Crippen molar-refractivity contribution in [2.24, 2.45) is 11.3 Å². The molecule has 0 amide bonds. The van der Waals surface area contributed by atoms with Gasteiger partial charge in [0.1, 0.15) is 11.7 Å². The highest BCUT2D eigenvalue weighted by atomic mass is 19.4. The first-order valence-corrected chi connectivity index (χ1v) is 7.48. The van der Waals surface area contributed by atoms with Gasteiger partial charge in [0.15, 0.2) is 0 Å². The zero-order chi connectivity index (χ0) is 19.2. The van der Waals surface area contributed by atoms with Gasteiger partial charge in [0, 0.05) is 16.7 Å². The Kier molecular flexibility index (Phi) is 4.77. The maximum atomic E-state index is 13.2. The van der Waals surface area contributed by atoms with Crippen LogP contribution in [0.4, 0.5) is 13.2 Å². The minimum Gasteiger partial charge on any atom is -0.548 e. The number of aromatic nitrogens is 1. The van der Waals surface area contributed by atoms with Crippen molar-refractivity contribution in [3.8, 4) is 0 Å². The van der Waals surface area contributed by atoms with Crippen LogP contribution in [0, 0.1) is 21.4 Å². The Balaban J connectivity index is 2.62. The lowest BCUT2D eigenvalue weighted by atomic mass is 9.73. The molecule has 2 rings (SSSR count). The summed E-state index contributed by atoms with van der Waals surface area (Å²) in [4.78, 5) is 25.6. The predicted molar refractivity (Wildman–Crippen MR) is 77.6 cm³/mol. The van der Waals surface area contributed by atoms with Crippen LogP contribution in [0.5, 0.6) is 0 Å². The molecule has 7 nitrogen and oxygen atoms in total. The summed E-state index contributed by atoms with van der Waals surface area (Å²) in [5.74, 6) is -2.66. The highest BCUT2D eigenvalue weighted by Crippen LogP contribution is 2.45. The number of nitrogens with one attached hydrogen (secondary N) is 1. The SMILES string of the molecule is CC(C)(C)C1C(C(=O)[O-])NC(c2cccnc2C(F)(F)F)C1[N+](=O)[O-]. The fourth-order valence-corrected chi connectivity index (χ4v) is 3.46. The number of carbonyl (C=O) groups is 1. The summed E-state index contributed by atoms with van der Waals surface area (Å²) in [6, 6.07) is -2.19. The molecule has 4 unspecified atom stereocenters. The van der Waals surface area contributed by atoms with Gasteiger partial charge in [0.25, 0.3) is 0 Å². The summed E-state index contributed by atoms with van der Waals surface area (Å²) in [7, 11) is 0. The molecule has 1 N–H and O–H groups in total. The van der Waals surface area contributed by atoms with Gasteiger partial charge in [-0.05, 0) is 11.5 Å². The van der Waals surface area contributed by atoms with Crippen LogP contribution in [-0.2, 0) is 11.0 Å². The molecule has 0 spiro atoms. The summed E-state index contributed by atoms with van der Waals surface area (Å²) in [6.45, 7) is 4.80. The second-order valence-electron chi connectivity index (χ2n) is 7.05. The Morgan fingerprint density at radius 2 is 1.92 bits per heavy atom. The predicted octanol–water partition coefficient (Wildman–Crippen LogP) is 1.17. The molecule has 1 saturated heterocycles. The van der Waals surface area contributed by atoms with E-state index in [1.54, 1.807) is 20.8 Å². The average molecular weight is 360 g/mol. The van der Waals surface area contributed by atoms with Gasteiger partial charge in [-0.3, -0.25) is 20.4 Å². The van der Waals surface area contributed by atoms with Gasteiger partial charge in [0.05, 0.1) is 17.9 Å². The first-order valence-electron chi connectivity index (χ1n) is 7.48. The minimum atomic E-state index is -4.82. The summed E-state index contributed by atoms with van der Waals surface area (Å²) in [5.41, 5.74) is -2.58. The molecule has 0 radical (unpaired) electrons. The second-order valence-corrected chi connectivity index (χ2v) is 7.05. The van der Waals surface area contributed by atoms with Crippen molar-refractivity contribution >= 4 is 5.97 Å². The van der Waals surface area contributed by atoms with Crippen LogP contribution in [0.25, 0.3) is 0 Å². The van der Waals surface area contributed by atoms with E-state index in [1.807, 2.05) is 0 Å². The number of nitrogens with zero attached hydrogens (tertiary/aromatic N) is 2. The molecule has 10 heteroatoms. The van der Waals surface area contributed by atoms with Gasteiger partial charge in [-0.1, -0.05) is 26.8 Å². The molecule has 2 heterocycles. The number of hydrogen-bond donors (Lipinski definition) is 1. The van der Waals surface area contributed by atoms with E-state index in [0.717, 1.165) is 12.3 Å². The standard InChI is InChI=1S/C15H18F3N3O4/c1-14(2,3)8-10(13(22)23)20-9(11(8)21(24)25)7-5-4-6-19-12(7)15(16,17)18/h4-6,8-11,20H,1-3H3,(H,22,23)/p-1. The van der Waals surface area contributed by atoms with Crippen molar-refractivity contribution in [2.45, 2.75) is 45.1 Å². The normalized spacial score (nSPS) is 27.3. The van der Waals surface area contributed by atoms with Gasteiger partial charge < -0.3 is 9.90 Å². The highest BCUT2D eigenvalue weighted by molar-refractivity contribution is 5.73. The van der Waals surface area contributed by atoms with Crippen molar-refractivity contribution in [1.82, 2.24) is 10.3 Å². The Morgan fingerprint density at radius 1 is 1.32 bits per heavy atom. The molecule has 1 aliphatic rings. The van der Waals surface area contributed by atoms with E-state index >= 15 is 0 Å². The van der Waals surface area contributed by atoms with Crippen LogP contribution < -0.4 is 10.4 Å². The second kappa shape index (κ2) is 6.25. The van der Waals surface area contributed by atoms with Gasteiger partial charge in [-0.2, -0.15) is 13.2 Å². The Hall–Kier alpha value is -2.23. The van der Waals surface area contributed by atoms with Crippen LogP contribution in [0.15, 0.2) is 18.3 Å². The maximum absolute atomic E-state index is 13.2. The number of rotatable bonds is 3. The van der Waals surface area contributed by atoms with Crippen molar-refractivity contribution in [3.05, 3.63) is 39.7 Å². The molecule has 25 heavy (non-hydrogen) atoms. The van der Waals surface area contributed by atoms with E-state index in [-0.39, 0.29) is 0 Å². The van der Waals surface area contributed by atoms with Gasteiger partial charge in [-0.25, -0.2) is 0 Å². The molecule has 0 aliphatic carbocycles. The van der Waals surface area contributed by atoms with Crippen LogP contribution >= 0.6 is 0 Å². The number of nitro groups is 1. The molecule has 138 valence electrons. The molecule has 1 aliphatic heterocycles. The summed E-state index contributed by atoms with van der Waals surface area (Å²) in [6.07, 6.45) is -3.89. The van der Waals surface area contributed by atoms with Crippen molar-refractivity contribution in [3.63, 3.8) is 0 Å². The lowest BCUT2D eigenvalue weighted by Gasteiger charge is -2.32. The number of carboxylic acid groups (broad SMARTS) is 1.